The number of aliphatic hydroxyl groups excluding tert-OH is 2. The van der Waals surface area contributed by atoms with Gasteiger partial charge in [0, 0.05) is 6.42 Å². The summed E-state index contributed by atoms with van der Waals surface area (Å²) in [7, 11) is 0. The van der Waals surface area contributed by atoms with Crippen LogP contribution < -0.4 is 5.32 Å². The number of carbonyl (C=O) groups is 1. The Kier molecular flexibility index (Phi) is 60.2. The third-order valence-corrected chi connectivity index (χ3v) is 14.4. The topological polar surface area (TPSA) is 69.6 Å². The Balaban J connectivity index is 3.47. The molecular formula is C67H123NO3. The Hall–Kier alpha value is -2.17. The van der Waals surface area contributed by atoms with Crippen LogP contribution in [0.15, 0.2) is 72.9 Å². The second-order valence-electron chi connectivity index (χ2n) is 21.5. The highest BCUT2D eigenvalue weighted by atomic mass is 16.3. The van der Waals surface area contributed by atoms with E-state index < -0.39 is 12.1 Å². The van der Waals surface area contributed by atoms with E-state index in [1.807, 2.05) is 6.08 Å². The summed E-state index contributed by atoms with van der Waals surface area (Å²) in [5.74, 6) is -0.0606. The summed E-state index contributed by atoms with van der Waals surface area (Å²) < 4.78 is 0. The second-order valence-corrected chi connectivity index (χ2v) is 21.5. The van der Waals surface area contributed by atoms with Crippen molar-refractivity contribution in [3.63, 3.8) is 0 Å². The summed E-state index contributed by atoms with van der Waals surface area (Å²) >= 11 is 0. The van der Waals surface area contributed by atoms with Crippen molar-refractivity contribution >= 4 is 5.91 Å². The van der Waals surface area contributed by atoms with Crippen molar-refractivity contribution in [2.75, 3.05) is 6.61 Å². The van der Waals surface area contributed by atoms with Gasteiger partial charge in [0.15, 0.2) is 0 Å². The van der Waals surface area contributed by atoms with Gasteiger partial charge < -0.3 is 15.5 Å². The maximum absolute atomic E-state index is 12.5. The molecule has 2 unspecified atom stereocenters. The highest BCUT2D eigenvalue weighted by Gasteiger charge is 2.18. The fraction of sp³-hybridized carbons (Fsp3) is 0.806. The van der Waals surface area contributed by atoms with Crippen LogP contribution in [-0.2, 0) is 4.79 Å². The summed E-state index contributed by atoms with van der Waals surface area (Å²) in [6.07, 6.45) is 89.5. The van der Waals surface area contributed by atoms with Gasteiger partial charge in [-0.25, -0.2) is 0 Å². The normalized spacial score (nSPS) is 13.2. The molecule has 0 aromatic heterocycles. The predicted octanol–water partition coefficient (Wildman–Crippen LogP) is 21.3. The Morgan fingerprint density at radius 3 is 0.930 bits per heavy atom. The minimum absolute atomic E-state index is 0.0606. The Labute approximate surface area is 444 Å². The quantitative estimate of drug-likeness (QED) is 0.0420. The van der Waals surface area contributed by atoms with E-state index in [2.05, 4.69) is 79.9 Å². The van der Waals surface area contributed by atoms with Crippen LogP contribution in [0.25, 0.3) is 0 Å². The zero-order valence-electron chi connectivity index (χ0n) is 47.7. The van der Waals surface area contributed by atoms with Crippen molar-refractivity contribution < 1.29 is 15.0 Å². The molecule has 0 aliphatic rings. The molecule has 0 bridgehead atoms. The molecule has 3 N–H and O–H groups in total. The standard InChI is InChI=1S/C67H123NO3/c1-3-5-7-9-11-13-15-17-19-21-23-25-27-29-31-32-33-34-35-36-37-39-41-43-45-47-49-51-53-55-57-59-61-63-67(71)68-65(64-69)66(70)62-60-58-56-54-52-50-48-46-44-42-40-38-30-28-26-24-22-20-18-16-14-12-10-8-6-4-2/h5,7,11,13,17,19,23,25,29,31,60,62,65-66,69-70H,3-4,6,8-10,12,14-16,18,20-22,24,26-28,30,32-59,61,63-64H2,1-2H3,(H,68,71)/b7-5-,13-11-,19-17-,25-23-,31-29-,62-60+. The van der Waals surface area contributed by atoms with Crippen LogP contribution in [0.3, 0.4) is 0 Å². The second kappa shape index (κ2) is 62.1. The highest BCUT2D eigenvalue weighted by molar-refractivity contribution is 5.76. The summed E-state index contributed by atoms with van der Waals surface area (Å²) in [6, 6.07) is -0.625. The van der Waals surface area contributed by atoms with E-state index in [-0.39, 0.29) is 12.5 Å². The first kappa shape index (κ1) is 68.8. The Morgan fingerprint density at radius 1 is 0.352 bits per heavy atom. The van der Waals surface area contributed by atoms with E-state index in [0.29, 0.717) is 6.42 Å². The fourth-order valence-electron chi connectivity index (χ4n) is 9.68. The Bertz CT molecular complexity index is 1210. The first-order valence-corrected chi connectivity index (χ1v) is 31.7. The summed E-state index contributed by atoms with van der Waals surface area (Å²) in [5.41, 5.74) is 0. The van der Waals surface area contributed by atoms with Gasteiger partial charge in [0.05, 0.1) is 18.8 Å². The summed E-state index contributed by atoms with van der Waals surface area (Å²) in [5, 5.41) is 23.3. The van der Waals surface area contributed by atoms with Crippen molar-refractivity contribution in [1.82, 2.24) is 5.32 Å². The zero-order chi connectivity index (χ0) is 51.3. The van der Waals surface area contributed by atoms with E-state index in [1.165, 1.54) is 250 Å². The fourth-order valence-corrected chi connectivity index (χ4v) is 9.68. The molecule has 0 saturated heterocycles. The first-order chi connectivity index (χ1) is 35.2. The minimum Gasteiger partial charge on any atom is -0.394 e. The summed E-state index contributed by atoms with van der Waals surface area (Å²) in [6.45, 7) is 4.23. The number of nitrogens with one attached hydrogen (secondary N) is 1. The van der Waals surface area contributed by atoms with Crippen LogP contribution in [-0.4, -0.2) is 34.9 Å². The van der Waals surface area contributed by atoms with Crippen LogP contribution in [0.5, 0.6) is 0 Å². The highest BCUT2D eigenvalue weighted by Crippen LogP contribution is 2.18. The summed E-state index contributed by atoms with van der Waals surface area (Å²) in [4.78, 5) is 12.5. The maximum Gasteiger partial charge on any atom is 0.220 e. The number of hydrogen-bond donors (Lipinski definition) is 3. The number of aliphatic hydroxyl groups is 2. The van der Waals surface area contributed by atoms with Crippen molar-refractivity contribution in [3.05, 3.63) is 72.9 Å². The van der Waals surface area contributed by atoms with Crippen LogP contribution in [0.1, 0.15) is 328 Å². The van der Waals surface area contributed by atoms with Gasteiger partial charge in [-0.05, 0) is 64.2 Å². The molecule has 0 saturated carbocycles. The molecule has 0 spiro atoms. The molecule has 0 radical (unpaired) electrons. The number of hydrogen-bond acceptors (Lipinski definition) is 3. The van der Waals surface area contributed by atoms with Gasteiger partial charge in [-0.15, -0.1) is 0 Å². The lowest BCUT2D eigenvalue weighted by atomic mass is 10.0. The lowest BCUT2D eigenvalue weighted by Gasteiger charge is -2.20. The van der Waals surface area contributed by atoms with Crippen LogP contribution >= 0.6 is 0 Å². The van der Waals surface area contributed by atoms with Gasteiger partial charge in [0.2, 0.25) is 5.91 Å². The number of rotatable bonds is 58. The van der Waals surface area contributed by atoms with E-state index in [4.69, 9.17) is 0 Å². The molecule has 0 fully saturated rings. The third-order valence-electron chi connectivity index (χ3n) is 14.4. The monoisotopic (exact) mass is 990 g/mol. The molecule has 71 heavy (non-hydrogen) atoms. The molecule has 0 heterocycles. The lowest BCUT2D eigenvalue weighted by Crippen LogP contribution is -2.45. The maximum atomic E-state index is 12.5. The van der Waals surface area contributed by atoms with Crippen molar-refractivity contribution in [1.29, 1.82) is 0 Å². The lowest BCUT2D eigenvalue weighted by molar-refractivity contribution is -0.123. The van der Waals surface area contributed by atoms with E-state index in [1.54, 1.807) is 6.08 Å². The molecule has 0 aromatic rings. The Morgan fingerprint density at radius 2 is 0.620 bits per heavy atom. The number of carbonyl (C=O) groups excluding carboxylic acids is 1. The molecule has 4 heteroatoms. The van der Waals surface area contributed by atoms with Crippen LogP contribution in [0, 0.1) is 0 Å². The van der Waals surface area contributed by atoms with Crippen LogP contribution in [0.4, 0.5) is 0 Å². The number of allylic oxidation sites excluding steroid dienone is 11. The largest absolute Gasteiger partial charge is 0.394 e. The van der Waals surface area contributed by atoms with E-state index in [9.17, 15) is 15.0 Å². The van der Waals surface area contributed by atoms with Gasteiger partial charge in [0.25, 0.3) is 0 Å². The molecule has 0 aromatic carbocycles. The smallest absolute Gasteiger partial charge is 0.220 e. The molecular weight excluding hydrogens is 867 g/mol. The average molecular weight is 991 g/mol. The van der Waals surface area contributed by atoms with Gasteiger partial charge >= 0.3 is 0 Å². The average Bonchev–Trinajstić information content (AvgIpc) is 3.37. The van der Waals surface area contributed by atoms with Crippen molar-refractivity contribution in [2.24, 2.45) is 0 Å². The third kappa shape index (κ3) is 58.6. The van der Waals surface area contributed by atoms with E-state index in [0.717, 1.165) is 57.8 Å². The molecule has 0 rings (SSSR count). The SMILES string of the molecule is CC/C=C\C/C=C\C/C=C\C/C=C\C/C=C\CCCCCCCCCCCCCCCCCCCC(=O)NC(CO)C(O)/C=C/CCCCCCCCCCCCCCCCCCCCCCCCCC. The minimum atomic E-state index is -0.842. The van der Waals surface area contributed by atoms with Crippen molar-refractivity contribution in [2.45, 2.75) is 341 Å². The first-order valence-electron chi connectivity index (χ1n) is 31.7. The van der Waals surface area contributed by atoms with Gasteiger partial charge in [0.1, 0.15) is 0 Å². The molecule has 4 nitrogen and oxygen atoms in total. The zero-order valence-corrected chi connectivity index (χ0v) is 47.7. The predicted molar refractivity (Wildman–Crippen MR) is 317 cm³/mol. The number of unbranched alkanes of at least 4 members (excludes halogenated alkanes) is 41. The van der Waals surface area contributed by atoms with E-state index >= 15 is 0 Å². The van der Waals surface area contributed by atoms with Gasteiger partial charge in [-0.1, -0.05) is 331 Å². The molecule has 2 atom stereocenters. The van der Waals surface area contributed by atoms with Gasteiger partial charge in [-0.2, -0.15) is 0 Å². The van der Waals surface area contributed by atoms with Crippen molar-refractivity contribution in [3.8, 4) is 0 Å². The van der Waals surface area contributed by atoms with Gasteiger partial charge in [-0.3, -0.25) is 4.79 Å². The van der Waals surface area contributed by atoms with Crippen LogP contribution in [0.2, 0.25) is 0 Å². The number of amides is 1. The molecule has 0 aliphatic carbocycles. The molecule has 0 aliphatic heterocycles. The molecule has 1 amide bonds. The molecule has 414 valence electrons.